The number of carboxylic acids is 1. The van der Waals surface area contributed by atoms with E-state index in [0.717, 1.165) is 25.7 Å². The zero-order valence-electron chi connectivity index (χ0n) is 14.1. The lowest BCUT2D eigenvalue weighted by Gasteiger charge is -2.20. The summed E-state index contributed by atoms with van der Waals surface area (Å²) in [6.07, 6.45) is 5.20. The molecule has 0 aromatic heterocycles. The maximum Gasteiger partial charge on any atom is 0.329 e. The number of carbonyl (C=O) groups excluding carboxylic acids is 2. The average molecular weight is 348 g/mol. The van der Waals surface area contributed by atoms with Gasteiger partial charge >= 0.3 is 5.97 Å². The Labute approximate surface area is 146 Å². The number of rotatable bonds is 8. The van der Waals surface area contributed by atoms with Gasteiger partial charge in [-0.2, -0.15) is 0 Å². The van der Waals surface area contributed by atoms with E-state index >= 15 is 0 Å². The maximum atomic E-state index is 12.3. The number of anilines is 1. The molecule has 1 aliphatic rings. The third-order valence-electron chi connectivity index (χ3n) is 4.13. The minimum absolute atomic E-state index is 0.0133. The van der Waals surface area contributed by atoms with E-state index in [9.17, 15) is 14.4 Å². The van der Waals surface area contributed by atoms with E-state index in [1.54, 1.807) is 24.3 Å². The molecule has 0 radical (unpaired) electrons. The first-order chi connectivity index (χ1) is 12.1. The number of aliphatic carboxylic acids is 1. The Bertz CT molecular complexity index is 611. The number of carbonyl (C=O) groups is 3. The molecule has 1 aliphatic carbocycles. The smallest absolute Gasteiger partial charge is 0.329 e. The van der Waals surface area contributed by atoms with Crippen molar-refractivity contribution < 1.29 is 24.2 Å². The van der Waals surface area contributed by atoms with Crippen LogP contribution in [0.2, 0.25) is 0 Å². The molecule has 2 rings (SSSR count). The summed E-state index contributed by atoms with van der Waals surface area (Å²) < 4.78 is 4.85. The number of carboxylic acid groups (broad SMARTS) is 1. The van der Waals surface area contributed by atoms with Crippen molar-refractivity contribution in [1.29, 1.82) is 0 Å². The minimum atomic E-state index is -1.05. The van der Waals surface area contributed by atoms with E-state index in [0.29, 0.717) is 11.3 Å². The third-order valence-corrected chi connectivity index (χ3v) is 4.13. The van der Waals surface area contributed by atoms with Crippen molar-refractivity contribution in [3.63, 3.8) is 0 Å². The number of hydrogen-bond acceptors (Lipinski definition) is 4. The summed E-state index contributed by atoms with van der Waals surface area (Å²) in [5, 5.41) is 14.0. The molecule has 136 valence electrons. The number of ether oxygens (including phenoxy) is 1. The van der Waals surface area contributed by atoms with E-state index in [1.807, 2.05) is 0 Å². The van der Waals surface area contributed by atoms with Gasteiger partial charge in [-0.3, -0.25) is 9.59 Å². The topological polar surface area (TPSA) is 105 Å². The standard InChI is InChI=1S/C18H24N2O5/c21-16(22)12-25-10-9-19-17(23)14-7-4-8-15(11-14)20-18(24)13-5-2-1-3-6-13/h4,7-8,11,13H,1-3,5-6,9-10,12H2,(H,19,23)(H,20,24)(H,21,22). The van der Waals surface area contributed by atoms with Gasteiger partial charge in [0.25, 0.3) is 5.91 Å². The van der Waals surface area contributed by atoms with Crippen LogP contribution in [0.4, 0.5) is 5.69 Å². The van der Waals surface area contributed by atoms with E-state index in [2.05, 4.69) is 10.6 Å². The van der Waals surface area contributed by atoms with Crippen LogP contribution >= 0.6 is 0 Å². The van der Waals surface area contributed by atoms with E-state index in [1.165, 1.54) is 6.42 Å². The summed E-state index contributed by atoms with van der Waals surface area (Å²) in [6, 6.07) is 6.76. The fourth-order valence-corrected chi connectivity index (χ4v) is 2.85. The second-order valence-electron chi connectivity index (χ2n) is 6.11. The molecular formula is C18H24N2O5. The highest BCUT2D eigenvalue weighted by atomic mass is 16.5. The fourth-order valence-electron chi connectivity index (χ4n) is 2.85. The summed E-state index contributed by atoms with van der Waals surface area (Å²) in [4.78, 5) is 34.7. The number of hydrogen-bond donors (Lipinski definition) is 3. The van der Waals surface area contributed by atoms with Gasteiger partial charge < -0.3 is 20.5 Å². The van der Waals surface area contributed by atoms with E-state index in [-0.39, 0.29) is 30.9 Å². The second-order valence-corrected chi connectivity index (χ2v) is 6.11. The quantitative estimate of drug-likeness (QED) is 0.624. The van der Waals surface area contributed by atoms with Gasteiger partial charge in [0.05, 0.1) is 6.61 Å². The molecular weight excluding hydrogens is 324 g/mol. The summed E-state index contributed by atoms with van der Waals surface area (Å²) in [5.41, 5.74) is 1.03. The number of benzene rings is 1. The summed E-state index contributed by atoms with van der Waals surface area (Å²) in [7, 11) is 0. The molecule has 25 heavy (non-hydrogen) atoms. The first kappa shape index (κ1) is 18.9. The molecule has 1 aromatic carbocycles. The Morgan fingerprint density at radius 2 is 1.92 bits per heavy atom. The largest absolute Gasteiger partial charge is 0.480 e. The molecule has 1 saturated carbocycles. The number of amides is 2. The molecule has 1 fully saturated rings. The molecule has 0 bridgehead atoms. The molecule has 2 amide bonds. The van der Waals surface area contributed by atoms with Crippen molar-refractivity contribution in [3.05, 3.63) is 29.8 Å². The van der Waals surface area contributed by atoms with Gasteiger partial charge in [0.15, 0.2) is 0 Å². The molecule has 3 N–H and O–H groups in total. The molecule has 7 heteroatoms. The Morgan fingerprint density at radius 1 is 1.16 bits per heavy atom. The molecule has 0 aliphatic heterocycles. The van der Waals surface area contributed by atoms with Crippen molar-refractivity contribution >= 4 is 23.5 Å². The predicted molar refractivity (Wildman–Crippen MR) is 92.4 cm³/mol. The van der Waals surface area contributed by atoms with Gasteiger partial charge in [-0.25, -0.2) is 4.79 Å². The molecule has 0 spiro atoms. The molecule has 0 atom stereocenters. The highest BCUT2D eigenvalue weighted by Gasteiger charge is 2.21. The molecule has 1 aromatic rings. The van der Waals surface area contributed by atoms with Crippen LogP contribution in [-0.2, 0) is 14.3 Å². The van der Waals surface area contributed by atoms with Crippen LogP contribution < -0.4 is 10.6 Å². The van der Waals surface area contributed by atoms with Crippen LogP contribution in [-0.4, -0.2) is 42.6 Å². The first-order valence-electron chi connectivity index (χ1n) is 8.55. The lowest BCUT2D eigenvalue weighted by molar-refractivity contribution is -0.142. The molecule has 0 unspecified atom stereocenters. The highest BCUT2D eigenvalue weighted by Crippen LogP contribution is 2.25. The second kappa shape index (κ2) is 9.78. The third kappa shape index (κ3) is 6.54. The van der Waals surface area contributed by atoms with Crippen molar-refractivity contribution in [2.75, 3.05) is 25.1 Å². The van der Waals surface area contributed by atoms with E-state index < -0.39 is 12.6 Å². The van der Waals surface area contributed by atoms with Crippen molar-refractivity contribution in [1.82, 2.24) is 5.32 Å². The van der Waals surface area contributed by atoms with Crippen LogP contribution in [0.15, 0.2) is 24.3 Å². The normalized spacial score (nSPS) is 14.7. The van der Waals surface area contributed by atoms with Gasteiger partial charge in [-0.15, -0.1) is 0 Å². The minimum Gasteiger partial charge on any atom is -0.480 e. The van der Waals surface area contributed by atoms with Crippen molar-refractivity contribution in [3.8, 4) is 0 Å². The van der Waals surface area contributed by atoms with Gasteiger partial charge in [-0.05, 0) is 31.0 Å². The highest BCUT2D eigenvalue weighted by molar-refractivity contribution is 5.97. The van der Waals surface area contributed by atoms with Crippen LogP contribution in [0.5, 0.6) is 0 Å². The Morgan fingerprint density at radius 3 is 2.64 bits per heavy atom. The Balaban J connectivity index is 1.82. The van der Waals surface area contributed by atoms with Gasteiger partial charge in [-0.1, -0.05) is 25.3 Å². The molecule has 0 saturated heterocycles. The molecule has 0 heterocycles. The van der Waals surface area contributed by atoms with Crippen LogP contribution in [0, 0.1) is 5.92 Å². The lowest BCUT2D eigenvalue weighted by Crippen LogP contribution is -2.28. The summed E-state index contributed by atoms with van der Waals surface area (Å²) >= 11 is 0. The zero-order chi connectivity index (χ0) is 18.1. The summed E-state index contributed by atoms with van der Waals surface area (Å²) in [6.45, 7) is -0.0561. The Kier molecular flexibility index (Phi) is 7.40. The Hall–Kier alpha value is -2.41. The maximum absolute atomic E-state index is 12.3. The number of nitrogens with one attached hydrogen (secondary N) is 2. The monoisotopic (exact) mass is 348 g/mol. The van der Waals surface area contributed by atoms with Crippen LogP contribution in [0.25, 0.3) is 0 Å². The predicted octanol–water partition coefficient (Wildman–Crippen LogP) is 2.04. The summed E-state index contributed by atoms with van der Waals surface area (Å²) in [5.74, 6) is -1.28. The zero-order valence-corrected chi connectivity index (χ0v) is 14.1. The first-order valence-corrected chi connectivity index (χ1v) is 8.55. The lowest BCUT2D eigenvalue weighted by atomic mass is 9.88. The van der Waals surface area contributed by atoms with E-state index in [4.69, 9.17) is 9.84 Å². The SMILES string of the molecule is O=C(O)COCCNC(=O)c1cccc(NC(=O)C2CCCCC2)c1. The van der Waals surface area contributed by atoms with Gasteiger partial charge in [0, 0.05) is 23.7 Å². The fraction of sp³-hybridized carbons (Fsp3) is 0.500. The molecule has 7 nitrogen and oxygen atoms in total. The van der Waals surface area contributed by atoms with Crippen molar-refractivity contribution in [2.24, 2.45) is 5.92 Å². The average Bonchev–Trinajstić information content (AvgIpc) is 2.62. The van der Waals surface area contributed by atoms with Gasteiger partial charge in [0.2, 0.25) is 5.91 Å². The van der Waals surface area contributed by atoms with Crippen LogP contribution in [0.3, 0.4) is 0 Å². The van der Waals surface area contributed by atoms with Gasteiger partial charge in [0.1, 0.15) is 6.61 Å². The van der Waals surface area contributed by atoms with Crippen LogP contribution in [0.1, 0.15) is 42.5 Å². The van der Waals surface area contributed by atoms with Crippen molar-refractivity contribution in [2.45, 2.75) is 32.1 Å².